The zero-order chi connectivity index (χ0) is 19.0. The molecule has 0 bridgehead atoms. The Hall–Kier alpha value is -1.60. The highest BCUT2D eigenvalue weighted by Gasteiger charge is 2.21. The van der Waals surface area contributed by atoms with Crippen LogP contribution in [0.4, 0.5) is 0 Å². The molecule has 2 rings (SSSR count). The fraction of sp³-hybridized carbons (Fsp3) is 0.409. The summed E-state index contributed by atoms with van der Waals surface area (Å²) >= 11 is 0. The van der Waals surface area contributed by atoms with Crippen molar-refractivity contribution in [3.63, 3.8) is 0 Å². The number of nitrogens with one attached hydrogen (secondary N) is 2. The van der Waals surface area contributed by atoms with E-state index in [0.29, 0.717) is 6.54 Å². The number of aliphatic imine (C=N–C) groups is 1. The van der Waals surface area contributed by atoms with Crippen molar-refractivity contribution in [2.45, 2.75) is 32.1 Å². The van der Waals surface area contributed by atoms with Crippen molar-refractivity contribution < 1.29 is 5.11 Å². The van der Waals surface area contributed by atoms with Crippen molar-refractivity contribution in [1.82, 2.24) is 10.6 Å². The molecule has 0 saturated carbocycles. The van der Waals surface area contributed by atoms with Gasteiger partial charge in [-0.3, -0.25) is 4.99 Å². The SMILES string of the molecule is CN=C(NCC(CO)c1ccccc1)NCC(C)(C)c1cccc(C)c1.I. The van der Waals surface area contributed by atoms with Gasteiger partial charge in [0.25, 0.3) is 0 Å². The quantitative estimate of drug-likeness (QED) is 0.320. The van der Waals surface area contributed by atoms with Gasteiger partial charge in [-0.05, 0) is 18.1 Å². The molecule has 1 atom stereocenters. The van der Waals surface area contributed by atoms with E-state index in [1.807, 2.05) is 30.3 Å². The van der Waals surface area contributed by atoms with Crippen molar-refractivity contribution in [3.8, 4) is 0 Å². The van der Waals surface area contributed by atoms with E-state index in [-0.39, 0.29) is 41.9 Å². The average molecular weight is 481 g/mol. The lowest BCUT2D eigenvalue weighted by atomic mass is 9.84. The van der Waals surface area contributed by atoms with Gasteiger partial charge in [0.2, 0.25) is 0 Å². The smallest absolute Gasteiger partial charge is 0.191 e. The number of aliphatic hydroxyl groups excluding tert-OH is 1. The van der Waals surface area contributed by atoms with Crippen molar-refractivity contribution in [2.75, 3.05) is 26.7 Å². The fourth-order valence-electron chi connectivity index (χ4n) is 2.93. The first-order chi connectivity index (χ1) is 12.5. The molecule has 0 amide bonds. The lowest BCUT2D eigenvalue weighted by molar-refractivity contribution is 0.265. The number of aryl methyl sites for hydroxylation is 1. The Bertz CT molecular complexity index is 717. The molecule has 1 unspecified atom stereocenters. The number of guanidine groups is 1. The summed E-state index contributed by atoms with van der Waals surface area (Å²) in [6.45, 7) is 8.07. The Balaban J connectivity index is 0.00000364. The molecule has 0 aliphatic heterocycles. The van der Waals surface area contributed by atoms with E-state index in [4.69, 9.17) is 0 Å². The van der Waals surface area contributed by atoms with Crippen LogP contribution in [0.25, 0.3) is 0 Å². The minimum atomic E-state index is -0.0144. The van der Waals surface area contributed by atoms with Crippen LogP contribution in [0.3, 0.4) is 0 Å². The highest BCUT2D eigenvalue weighted by Crippen LogP contribution is 2.23. The maximum atomic E-state index is 9.70. The van der Waals surface area contributed by atoms with Gasteiger partial charge in [0, 0.05) is 31.5 Å². The van der Waals surface area contributed by atoms with Gasteiger partial charge in [-0.25, -0.2) is 0 Å². The van der Waals surface area contributed by atoms with Gasteiger partial charge in [0.15, 0.2) is 5.96 Å². The van der Waals surface area contributed by atoms with E-state index in [2.05, 4.69) is 60.7 Å². The molecular weight excluding hydrogens is 449 g/mol. The van der Waals surface area contributed by atoms with E-state index in [1.54, 1.807) is 7.05 Å². The van der Waals surface area contributed by atoms with E-state index >= 15 is 0 Å². The number of hydrogen-bond acceptors (Lipinski definition) is 2. The molecule has 2 aromatic carbocycles. The second-order valence-electron chi connectivity index (χ2n) is 7.35. The van der Waals surface area contributed by atoms with Gasteiger partial charge in [-0.2, -0.15) is 0 Å². The molecule has 0 aliphatic carbocycles. The van der Waals surface area contributed by atoms with E-state index in [1.165, 1.54) is 11.1 Å². The summed E-state index contributed by atoms with van der Waals surface area (Å²) in [6.07, 6.45) is 0. The van der Waals surface area contributed by atoms with Gasteiger partial charge in [-0.1, -0.05) is 74.0 Å². The van der Waals surface area contributed by atoms with Crippen LogP contribution in [0.1, 0.15) is 36.5 Å². The van der Waals surface area contributed by atoms with E-state index < -0.39 is 0 Å². The summed E-state index contributed by atoms with van der Waals surface area (Å²) in [6, 6.07) is 18.7. The van der Waals surface area contributed by atoms with Crippen LogP contribution in [0, 0.1) is 6.92 Å². The third-order valence-corrected chi connectivity index (χ3v) is 4.73. The summed E-state index contributed by atoms with van der Waals surface area (Å²) < 4.78 is 0. The Kier molecular flexibility index (Phi) is 9.80. The zero-order valence-electron chi connectivity index (χ0n) is 16.7. The summed E-state index contributed by atoms with van der Waals surface area (Å²) in [5, 5.41) is 16.4. The Morgan fingerprint density at radius 2 is 1.78 bits per heavy atom. The summed E-state index contributed by atoms with van der Waals surface area (Å²) in [5.41, 5.74) is 3.68. The van der Waals surface area contributed by atoms with Crippen LogP contribution in [-0.4, -0.2) is 37.8 Å². The molecule has 0 aliphatic rings. The van der Waals surface area contributed by atoms with Crippen LogP contribution >= 0.6 is 24.0 Å². The summed E-state index contributed by atoms with van der Waals surface area (Å²) in [7, 11) is 1.77. The molecule has 0 saturated heterocycles. The standard InChI is InChI=1S/C22H31N3O.HI/c1-17-9-8-12-20(13-17)22(2,3)16-25-21(23-4)24-14-19(15-26)18-10-6-5-7-11-18;/h5-13,19,26H,14-16H2,1-4H3,(H2,23,24,25);1H. The van der Waals surface area contributed by atoms with E-state index in [9.17, 15) is 5.11 Å². The first-order valence-electron chi connectivity index (χ1n) is 9.13. The molecule has 2 aromatic rings. The molecule has 0 heterocycles. The first-order valence-corrected chi connectivity index (χ1v) is 9.13. The number of nitrogens with zero attached hydrogens (tertiary/aromatic N) is 1. The van der Waals surface area contributed by atoms with Crippen LogP contribution in [0.15, 0.2) is 59.6 Å². The number of hydrogen-bond donors (Lipinski definition) is 3. The van der Waals surface area contributed by atoms with Gasteiger partial charge in [0.05, 0.1) is 6.61 Å². The Labute approximate surface area is 180 Å². The number of benzene rings is 2. The summed E-state index contributed by atoms with van der Waals surface area (Å²) in [4.78, 5) is 4.32. The third-order valence-electron chi connectivity index (χ3n) is 4.73. The van der Waals surface area contributed by atoms with Gasteiger partial charge in [0.1, 0.15) is 0 Å². The average Bonchev–Trinajstić information content (AvgIpc) is 2.65. The molecule has 5 heteroatoms. The highest BCUT2D eigenvalue weighted by molar-refractivity contribution is 14.0. The molecule has 0 fully saturated rings. The fourth-order valence-corrected chi connectivity index (χ4v) is 2.93. The third kappa shape index (κ3) is 7.14. The molecule has 0 aromatic heterocycles. The predicted molar refractivity (Wildman–Crippen MR) is 125 cm³/mol. The van der Waals surface area contributed by atoms with Gasteiger partial charge >= 0.3 is 0 Å². The van der Waals surface area contributed by atoms with Gasteiger partial charge < -0.3 is 15.7 Å². The second-order valence-corrected chi connectivity index (χ2v) is 7.35. The van der Waals surface area contributed by atoms with Crippen LogP contribution in [0.2, 0.25) is 0 Å². The topological polar surface area (TPSA) is 56.7 Å². The minimum absolute atomic E-state index is 0. The Morgan fingerprint density at radius 3 is 2.37 bits per heavy atom. The maximum absolute atomic E-state index is 9.70. The minimum Gasteiger partial charge on any atom is -0.396 e. The summed E-state index contributed by atoms with van der Waals surface area (Å²) in [5.74, 6) is 0.791. The largest absolute Gasteiger partial charge is 0.396 e. The highest BCUT2D eigenvalue weighted by atomic mass is 127. The molecule has 27 heavy (non-hydrogen) atoms. The molecule has 0 spiro atoms. The van der Waals surface area contributed by atoms with Crippen molar-refractivity contribution in [1.29, 1.82) is 0 Å². The van der Waals surface area contributed by atoms with Crippen LogP contribution in [-0.2, 0) is 5.41 Å². The normalized spacial score (nSPS) is 12.9. The molecular formula is C22H32IN3O. The molecule has 0 radical (unpaired) electrons. The van der Waals surface area contributed by atoms with E-state index in [0.717, 1.165) is 18.1 Å². The number of rotatable bonds is 7. The number of aliphatic hydroxyl groups is 1. The zero-order valence-corrected chi connectivity index (χ0v) is 19.0. The lowest BCUT2D eigenvalue weighted by Gasteiger charge is -2.27. The molecule has 148 valence electrons. The maximum Gasteiger partial charge on any atom is 0.191 e. The molecule has 4 nitrogen and oxygen atoms in total. The monoisotopic (exact) mass is 481 g/mol. The second kappa shape index (κ2) is 11.3. The molecule has 3 N–H and O–H groups in total. The van der Waals surface area contributed by atoms with Crippen molar-refractivity contribution in [2.24, 2.45) is 4.99 Å². The Morgan fingerprint density at radius 1 is 1.07 bits per heavy atom. The van der Waals surface area contributed by atoms with Crippen molar-refractivity contribution in [3.05, 3.63) is 71.3 Å². The lowest BCUT2D eigenvalue weighted by Crippen LogP contribution is -2.44. The number of halogens is 1. The predicted octanol–water partition coefficient (Wildman–Crippen LogP) is 3.83. The van der Waals surface area contributed by atoms with Crippen LogP contribution in [0.5, 0.6) is 0 Å². The first kappa shape index (κ1) is 23.4. The van der Waals surface area contributed by atoms with Crippen LogP contribution < -0.4 is 10.6 Å². The van der Waals surface area contributed by atoms with Gasteiger partial charge in [-0.15, -0.1) is 24.0 Å². The van der Waals surface area contributed by atoms with Crippen molar-refractivity contribution >= 4 is 29.9 Å².